The lowest BCUT2D eigenvalue weighted by Gasteiger charge is -2.19. The van der Waals surface area contributed by atoms with Crippen molar-refractivity contribution in [1.29, 1.82) is 0 Å². The van der Waals surface area contributed by atoms with Crippen LogP contribution in [0.15, 0.2) is 54.9 Å². The van der Waals surface area contributed by atoms with E-state index in [0.29, 0.717) is 13.1 Å². The van der Waals surface area contributed by atoms with Crippen LogP contribution in [-0.4, -0.2) is 31.2 Å². The standard InChI is InChI=1S/C16H20N4O/c1-20(15-5-3-2-4-6-15)12-11-18-16(21)19-13-14-7-9-17-10-8-14/h2-10H,11-13H2,1H3,(H2,18,19,21). The highest BCUT2D eigenvalue weighted by Crippen LogP contribution is 2.09. The Morgan fingerprint density at radius 2 is 1.81 bits per heavy atom. The third-order valence-corrected chi connectivity index (χ3v) is 3.13. The van der Waals surface area contributed by atoms with Gasteiger partial charge in [0.1, 0.15) is 0 Å². The van der Waals surface area contributed by atoms with Crippen molar-refractivity contribution < 1.29 is 4.79 Å². The van der Waals surface area contributed by atoms with Crippen molar-refractivity contribution in [3.8, 4) is 0 Å². The number of pyridine rings is 1. The Labute approximate surface area is 125 Å². The summed E-state index contributed by atoms with van der Waals surface area (Å²) in [6, 6.07) is 13.7. The average molecular weight is 284 g/mol. The number of likely N-dealkylation sites (N-methyl/N-ethyl adjacent to an activating group) is 1. The lowest BCUT2D eigenvalue weighted by Crippen LogP contribution is -2.39. The number of rotatable bonds is 6. The highest BCUT2D eigenvalue weighted by molar-refractivity contribution is 5.73. The fraction of sp³-hybridized carbons (Fsp3) is 0.250. The van der Waals surface area contributed by atoms with Crippen molar-refractivity contribution >= 4 is 11.7 Å². The Balaban J connectivity index is 1.65. The van der Waals surface area contributed by atoms with Crippen LogP contribution < -0.4 is 15.5 Å². The van der Waals surface area contributed by atoms with Crippen LogP contribution in [-0.2, 0) is 6.54 Å². The lowest BCUT2D eigenvalue weighted by atomic mass is 10.3. The minimum Gasteiger partial charge on any atom is -0.373 e. The number of carbonyl (C=O) groups excluding carboxylic acids is 1. The number of hydrogen-bond acceptors (Lipinski definition) is 3. The Morgan fingerprint density at radius 3 is 2.52 bits per heavy atom. The molecule has 110 valence electrons. The van der Waals surface area contributed by atoms with Gasteiger partial charge in [0.25, 0.3) is 0 Å². The van der Waals surface area contributed by atoms with Crippen molar-refractivity contribution in [2.24, 2.45) is 0 Å². The predicted octanol–water partition coefficient (Wildman–Crippen LogP) is 2.02. The number of anilines is 1. The summed E-state index contributed by atoms with van der Waals surface area (Å²) in [5.74, 6) is 0. The van der Waals surface area contributed by atoms with Crippen LogP contribution >= 0.6 is 0 Å². The van der Waals surface area contributed by atoms with Crippen molar-refractivity contribution in [2.45, 2.75) is 6.54 Å². The Bertz CT molecular complexity index is 545. The smallest absolute Gasteiger partial charge is 0.315 e. The molecule has 2 amide bonds. The van der Waals surface area contributed by atoms with E-state index in [4.69, 9.17) is 0 Å². The van der Waals surface area contributed by atoms with Crippen LogP contribution in [0.1, 0.15) is 5.56 Å². The first kappa shape index (κ1) is 14.8. The van der Waals surface area contributed by atoms with Gasteiger partial charge in [-0.1, -0.05) is 18.2 Å². The second-order valence-corrected chi connectivity index (χ2v) is 4.72. The number of hydrogen-bond donors (Lipinski definition) is 2. The molecule has 1 aromatic heterocycles. The molecule has 2 aromatic rings. The van der Waals surface area contributed by atoms with Crippen molar-refractivity contribution in [3.63, 3.8) is 0 Å². The first-order valence-electron chi connectivity index (χ1n) is 6.92. The molecule has 2 N–H and O–H groups in total. The van der Waals surface area contributed by atoms with Crippen molar-refractivity contribution in [2.75, 3.05) is 25.0 Å². The summed E-state index contributed by atoms with van der Waals surface area (Å²) in [7, 11) is 2.01. The first-order valence-corrected chi connectivity index (χ1v) is 6.92. The molecule has 0 aliphatic heterocycles. The normalized spacial score (nSPS) is 9.95. The van der Waals surface area contributed by atoms with E-state index in [0.717, 1.165) is 17.8 Å². The third kappa shape index (κ3) is 5.14. The number of urea groups is 1. The summed E-state index contributed by atoms with van der Waals surface area (Å²) < 4.78 is 0. The van der Waals surface area contributed by atoms with Crippen LogP contribution in [0, 0.1) is 0 Å². The molecule has 21 heavy (non-hydrogen) atoms. The molecule has 5 heteroatoms. The van der Waals surface area contributed by atoms with Gasteiger partial charge in [0, 0.05) is 44.8 Å². The highest BCUT2D eigenvalue weighted by Gasteiger charge is 2.02. The number of para-hydroxylation sites is 1. The molecule has 0 bridgehead atoms. The molecule has 1 heterocycles. The van der Waals surface area contributed by atoms with Crippen LogP contribution in [0.4, 0.5) is 10.5 Å². The number of aromatic nitrogens is 1. The van der Waals surface area contributed by atoms with E-state index in [2.05, 4.69) is 20.5 Å². The zero-order chi connectivity index (χ0) is 14.9. The van der Waals surface area contributed by atoms with Gasteiger partial charge in [0.05, 0.1) is 0 Å². The fourth-order valence-corrected chi connectivity index (χ4v) is 1.89. The maximum absolute atomic E-state index is 11.7. The summed E-state index contributed by atoms with van der Waals surface area (Å²) >= 11 is 0. The van der Waals surface area contributed by atoms with Gasteiger partial charge in [-0.15, -0.1) is 0 Å². The molecule has 0 saturated heterocycles. The van der Waals surface area contributed by atoms with Gasteiger partial charge >= 0.3 is 6.03 Å². The SMILES string of the molecule is CN(CCNC(=O)NCc1ccncc1)c1ccccc1. The number of nitrogens with zero attached hydrogens (tertiary/aromatic N) is 2. The zero-order valence-corrected chi connectivity index (χ0v) is 12.1. The average Bonchev–Trinajstić information content (AvgIpc) is 2.54. The molecule has 0 aliphatic rings. The summed E-state index contributed by atoms with van der Waals surface area (Å²) in [5, 5.41) is 5.66. The third-order valence-electron chi connectivity index (χ3n) is 3.13. The Kier molecular flexibility index (Phi) is 5.58. The summed E-state index contributed by atoms with van der Waals surface area (Å²) in [6.07, 6.45) is 3.42. The van der Waals surface area contributed by atoms with Gasteiger partial charge < -0.3 is 15.5 Å². The minimum absolute atomic E-state index is 0.159. The van der Waals surface area contributed by atoms with Crippen LogP contribution in [0.5, 0.6) is 0 Å². The maximum Gasteiger partial charge on any atom is 0.315 e. The summed E-state index contributed by atoms with van der Waals surface area (Å²) in [6.45, 7) is 1.85. The van der Waals surface area contributed by atoms with Gasteiger partial charge in [-0.05, 0) is 29.8 Å². The van der Waals surface area contributed by atoms with E-state index in [1.807, 2.05) is 49.5 Å². The van der Waals surface area contributed by atoms with Crippen molar-refractivity contribution in [3.05, 3.63) is 60.4 Å². The molecular formula is C16H20N4O. The van der Waals surface area contributed by atoms with Crippen LogP contribution in [0.3, 0.4) is 0 Å². The molecule has 0 fully saturated rings. The highest BCUT2D eigenvalue weighted by atomic mass is 16.2. The molecule has 0 saturated carbocycles. The molecule has 0 aliphatic carbocycles. The van der Waals surface area contributed by atoms with E-state index < -0.39 is 0 Å². The zero-order valence-electron chi connectivity index (χ0n) is 12.1. The second-order valence-electron chi connectivity index (χ2n) is 4.72. The van der Waals surface area contributed by atoms with E-state index in [9.17, 15) is 4.79 Å². The molecule has 1 aromatic carbocycles. The molecular weight excluding hydrogens is 264 g/mol. The summed E-state index contributed by atoms with van der Waals surface area (Å²) in [5.41, 5.74) is 2.16. The molecule has 2 rings (SSSR count). The van der Waals surface area contributed by atoms with Gasteiger partial charge in [-0.25, -0.2) is 4.79 Å². The van der Waals surface area contributed by atoms with Crippen LogP contribution in [0.25, 0.3) is 0 Å². The number of carbonyl (C=O) groups is 1. The molecule has 0 spiro atoms. The number of nitrogens with one attached hydrogen (secondary N) is 2. The summed E-state index contributed by atoms with van der Waals surface area (Å²) in [4.78, 5) is 17.7. The van der Waals surface area contributed by atoms with Gasteiger partial charge in [0.2, 0.25) is 0 Å². The molecule has 0 atom stereocenters. The number of benzene rings is 1. The predicted molar refractivity (Wildman–Crippen MR) is 84.2 cm³/mol. The van der Waals surface area contributed by atoms with Gasteiger partial charge in [-0.3, -0.25) is 4.98 Å². The van der Waals surface area contributed by atoms with E-state index in [1.54, 1.807) is 12.4 Å². The number of amides is 2. The molecule has 0 unspecified atom stereocenters. The quantitative estimate of drug-likeness (QED) is 0.853. The Hall–Kier alpha value is -2.56. The monoisotopic (exact) mass is 284 g/mol. The van der Waals surface area contributed by atoms with E-state index in [1.165, 1.54) is 0 Å². The topological polar surface area (TPSA) is 57.3 Å². The minimum atomic E-state index is -0.159. The van der Waals surface area contributed by atoms with E-state index in [-0.39, 0.29) is 6.03 Å². The first-order chi connectivity index (χ1) is 10.3. The van der Waals surface area contributed by atoms with E-state index >= 15 is 0 Å². The maximum atomic E-state index is 11.7. The van der Waals surface area contributed by atoms with Crippen LogP contribution in [0.2, 0.25) is 0 Å². The largest absolute Gasteiger partial charge is 0.373 e. The molecule has 0 radical (unpaired) electrons. The fourth-order valence-electron chi connectivity index (χ4n) is 1.89. The molecule has 5 nitrogen and oxygen atoms in total. The Morgan fingerprint density at radius 1 is 1.10 bits per heavy atom. The second kappa shape index (κ2) is 7.89. The van der Waals surface area contributed by atoms with Gasteiger partial charge in [0.15, 0.2) is 0 Å². The van der Waals surface area contributed by atoms with Gasteiger partial charge in [-0.2, -0.15) is 0 Å². The lowest BCUT2D eigenvalue weighted by molar-refractivity contribution is 0.241. The van der Waals surface area contributed by atoms with Crippen molar-refractivity contribution in [1.82, 2.24) is 15.6 Å².